The number of benzene rings is 2. The van der Waals surface area contributed by atoms with Gasteiger partial charge in [0.1, 0.15) is 5.60 Å². The van der Waals surface area contributed by atoms with E-state index in [0.717, 1.165) is 33.9 Å². The molecule has 194 valence electrons. The maximum absolute atomic E-state index is 14.5. The monoisotopic (exact) mass is 506 g/mol. The summed E-state index contributed by atoms with van der Waals surface area (Å²) in [5, 5.41) is 20.9. The van der Waals surface area contributed by atoms with Crippen LogP contribution in [0.5, 0.6) is 0 Å². The lowest BCUT2D eigenvalue weighted by atomic mass is 9.52. The molecule has 1 heterocycles. The first-order valence-electron chi connectivity index (χ1n) is 13.0. The van der Waals surface area contributed by atoms with Gasteiger partial charge in [-0.25, -0.2) is 8.78 Å². The number of rotatable bonds is 6. The molecule has 2 aliphatic carbocycles. The minimum absolute atomic E-state index is 0.0278. The maximum Gasteiger partial charge on any atom is 0.273 e. The van der Waals surface area contributed by atoms with Gasteiger partial charge in [-0.05, 0) is 73.3 Å². The second-order valence-corrected chi connectivity index (χ2v) is 11.1. The number of aliphatic hydroxyl groups is 1. The molecule has 0 amide bonds. The molecular formula is C31H34F2NO3+. The lowest BCUT2D eigenvalue weighted by molar-refractivity contribution is -0.909. The van der Waals surface area contributed by atoms with Gasteiger partial charge >= 0.3 is 0 Å². The summed E-state index contributed by atoms with van der Waals surface area (Å²) in [5.41, 5.74) is 3.00. The van der Waals surface area contributed by atoms with Crippen LogP contribution in [0.25, 0.3) is 0 Å². The lowest BCUT2D eigenvalue weighted by Gasteiger charge is -2.54. The lowest BCUT2D eigenvalue weighted by Crippen LogP contribution is -2.57. The van der Waals surface area contributed by atoms with Gasteiger partial charge in [0.15, 0.2) is 5.78 Å². The molecule has 0 spiro atoms. The minimum Gasteiger partial charge on any atom is -0.384 e. The zero-order chi connectivity index (χ0) is 26.4. The highest BCUT2D eigenvalue weighted by molar-refractivity contribution is 5.97. The SMILES string of the molecule is Cc1c(CC(=O)c2ccc3c(c2)CC[C@@H]2C[C@@](O)(C(C)(F)F)CC[C@@]32Cc2ccccc2)ccc[n+]1O. The smallest absolute Gasteiger partial charge is 0.273 e. The summed E-state index contributed by atoms with van der Waals surface area (Å²) in [4.78, 5) is 13.2. The van der Waals surface area contributed by atoms with E-state index < -0.39 is 11.5 Å². The van der Waals surface area contributed by atoms with E-state index in [2.05, 4.69) is 12.1 Å². The van der Waals surface area contributed by atoms with Crippen LogP contribution in [0.2, 0.25) is 0 Å². The Kier molecular flexibility index (Phi) is 6.43. The number of carbonyl (C=O) groups is 1. The number of carbonyl (C=O) groups excluding carboxylic acids is 1. The van der Waals surface area contributed by atoms with Crippen molar-refractivity contribution in [2.45, 2.75) is 75.7 Å². The molecule has 1 fully saturated rings. The van der Waals surface area contributed by atoms with Crippen molar-refractivity contribution in [2.75, 3.05) is 0 Å². The number of hydrogen-bond acceptors (Lipinski definition) is 3. The number of aryl methyl sites for hydroxylation is 1. The van der Waals surface area contributed by atoms with Crippen molar-refractivity contribution in [3.8, 4) is 0 Å². The Hall–Kier alpha value is -3.12. The van der Waals surface area contributed by atoms with Crippen molar-refractivity contribution >= 4 is 5.78 Å². The van der Waals surface area contributed by atoms with E-state index >= 15 is 0 Å². The number of alkyl halides is 2. The third kappa shape index (κ3) is 4.56. The average Bonchev–Trinajstić information content (AvgIpc) is 2.87. The molecule has 2 aromatic carbocycles. The summed E-state index contributed by atoms with van der Waals surface area (Å²) in [6.07, 6.45) is 4.37. The van der Waals surface area contributed by atoms with E-state index in [1.54, 1.807) is 13.0 Å². The van der Waals surface area contributed by atoms with Crippen molar-refractivity contribution in [1.82, 2.24) is 0 Å². The van der Waals surface area contributed by atoms with Gasteiger partial charge in [0.25, 0.3) is 5.92 Å². The van der Waals surface area contributed by atoms with Crippen LogP contribution in [0.15, 0.2) is 66.9 Å². The molecule has 1 saturated carbocycles. The number of halogens is 2. The highest BCUT2D eigenvalue weighted by Gasteiger charge is 2.58. The first-order chi connectivity index (χ1) is 17.5. The van der Waals surface area contributed by atoms with Crippen LogP contribution in [0.1, 0.15) is 70.9 Å². The molecule has 3 atom stereocenters. The Morgan fingerprint density at radius 2 is 1.86 bits per heavy atom. The Balaban J connectivity index is 1.50. The Morgan fingerprint density at radius 1 is 1.11 bits per heavy atom. The molecular weight excluding hydrogens is 472 g/mol. The number of pyridine rings is 1. The van der Waals surface area contributed by atoms with Crippen LogP contribution >= 0.6 is 0 Å². The molecule has 3 aromatic rings. The number of ketones is 1. The number of nitrogens with zero attached hydrogens (tertiary/aromatic N) is 1. The van der Waals surface area contributed by atoms with Crippen LogP contribution < -0.4 is 4.73 Å². The van der Waals surface area contributed by atoms with Gasteiger partial charge < -0.3 is 5.11 Å². The minimum atomic E-state index is -3.16. The van der Waals surface area contributed by atoms with Gasteiger partial charge in [-0.1, -0.05) is 42.5 Å². The summed E-state index contributed by atoms with van der Waals surface area (Å²) in [6.45, 7) is 2.60. The standard InChI is InChI=1S/C31H34F2NO3/c1-21-23(9-6-16-34(21)37)18-28(35)25-11-13-27-24(17-25)10-12-26-20-31(36,29(2,32)33)15-14-30(26,27)19-22-7-4-3-5-8-22/h3-9,11,13,16-17,26,36-37H,10,12,14-15,18-20H2,1-2H3/q+1/t26-,30+,31-/m1/s1. The fourth-order valence-corrected chi connectivity index (χ4v) is 6.63. The van der Waals surface area contributed by atoms with Gasteiger partial charge in [0.2, 0.25) is 11.9 Å². The molecule has 0 aliphatic heterocycles. The molecule has 0 bridgehead atoms. The van der Waals surface area contributed by atoms with Crippen molar-refractivity contribution in [1.29, 1.82) is 0 Å². The third-order valence-electron chi connectivity index (χ3n) is 8.94. The van der Waals surface area contributed by atoms with Gasteiger partial charge in [0, 0.05) is 47.6 Å². The molecule has 2 N–H and O–H groups in total. The first kappa shape index (κ1) is 25.5. The van der Waals surface area contributed by atoms with Crippen molar-refractivity contribution in [3.05, 3.63) is 100 Å². The number of Topliss-reactive ketones (excluding diaryl/α,β-unsaturated/α-hetero) is 1. The van der Waals surface area contributed by atoms with Crippen molar-refractivity contribution in [3.63, 3.8) is 0 Å². The fourth-order valence-electron chi connectivity index (χ4n) is 6.63. The highest BCUT2D eigenvalue weighted by Crippen LogP contribution is 2.56. The second kappa shape index (κ2) is 9.32. The van der Waals surface area contributed by atoms with Crippen LogP contribution in [-0.2, 0) is 24.7 Å². The predicted molar refractivity (Wildman–Crippen MR) is 136 cm³/mol. The molecule has 0 radical (unpaired) electrons. The maximum atomic E-state index is 14.5. The van der Waals surface area contributed by atoms with Crippen molar-refractivity contribution < 1.29 is 28.6 Å². The molecule has 4 nitrogen and oxygen atoms in total. The summed E-state index contributed by atoms with van der Waals surface area (Å²) < 4.78 is 30.0. The third-order valence-corrected chi connectivity index (χ3v) is 8.94. The summed E-state index contributed by atoms with van der Waals surface area (Å²) in [7, 11) is 0. The zero-order valence-corrected chi connectivity index (χ0v) is 21.4. The number of fused-ring (bicyclic) bond motifs is 3. The Morgan fingerprint density at radius 3 is 2.59 bits per heavy atom. The van der Waals surface area contributed by atoms with Crippen molar-refractivity contribution in [2.24, 2.45) is 5.92 Å². The average molecular weight is 507 g/mol. The van der Waals surface area contributed by atoms with E-state index in [0.29, 0.717) is 36.9 Å². The molecule has 5 rings (SSSR count). The topological polar surface area (TPSA) is 61.4 Å². The van der Waals surface area contributed by atoms with Gasteiger partial charge in [-0.15, -0.1) is 0 Å². The number of aromatic nitrogens is 1. The van der Waals surface area contributed by atoms with E-state index in [9.17, 15) is 23.9 Å². The zero-order valence-electron chi connectivity index (χ0n) is 21.4. The summed E-state index contributed by atoms with van der Waals surface area (Å²) in [6, 6.07) is 19.5. The van der Waals surface area contributed by atoms with Gasteiger partial charge in [-0.2, -0.15) is 0 Å². The summed E-state index contributed by atoms with van der Waals surface area (Å²) >= 11 is 0. The molecule has 6 heteroatoms. The quantitative estimate of drug-likeness (QED) is 0.262. The second-order valence-electron chi connectivity index (χ2n) is 11.1. The first-order valence-corrected chi connectivity index (χ1v) is 13.0. The molecule has 0 unspecified atom stereocenters. The summed E-state index contributed by atoms with van der Waals surface area (Å²) in [5.74, 6) is -3.27. The molecule has 1 aromatic heterocycles. The van der Waals surface area contributed by atoms with Crippen LogP contribution in [0, 0.1) is 12.8 Å². The van der Waals surface area contributed by atoms with E-state index in [-0.39, 0.29) is 36.4 Å². The molecule has 0 saturated heterocycles. The Bertz CT molecular complexity index is 1320. The van der Waals surface area contributed by atoms with Gasteiger partial charge in [-0.3, -0.25) is 10.0 Å². The molecule has 37 heavy (non-hydrogen) atoms. The largest absolute Gasteiger partial charge is 0.384 e. The van der Waals surface area contributed by atoms with Crippen LogP contribution in [0.3, 0.4) is 0 Å². The van der Waals surface area contributed by atoms with Crippen LogP contribution in [-0.4, -0.2) is 27.6 Å². The van der Waals surface area contributed by atoms with E-state index in [1.807, 2.05) is 42.5 Å². The predicted octanol–water partition coefficient (Wildman–Crippen LogP) is 5.56. The van der Waals surface area contributed by atoms with Crippen LogP contribution in [0.4, 0.5) is 8.78 Å². The highest BCUT2D eigenvalue weighted by atomic mass is 19.3. The fraction of sp³-hybridized carbons (Fsp3) is 0.419. The number of hydrogen-bond donors (Lipinski definition) is 2. The normalized spacial score (nSPS) is 25.3. The van der Waals surface area contributed by atoms with Gasteiger partial charge in [0.05, 0.1) is 0 Å². The Labute approximate surface area is 216 Å². The van der Waals surface area contributed by atoms with E-state index in [1.165, 1.54) is 6.20 Å². The molecule has 2 aliphatic rings. The van der Waals surface area contributed by atoms with E-state index in [4.69, 9.17) is 0 Å².